The minimum atomic E-state index is 0.773. The number of rotatable bonds is 0. The average Bonchev–Trinajstić information content (AvgIpc) is 2.89. The number of hydrogen-bond donors (Lipinski definition) is 1. The summed E-state index contributed by atoms with van der Waals surface area (Å²) in [5.74, 6) is 1.84. The molecule has 102 valence electrons. The fraction of sp³-hybridized carbons (Fsp3) is 0.357. The molecule has 2 aliphatic heterocycles. The zero-order valence-corrected chi connectivity index (χ0v) is 11.2. The van der Waals surface area contributed by atoms with Crippen LogP contribution in [-0.2, 0) is 6.42 Å². The highest BCUT2D eigenvalue weighted by atomic mass is 15.5. The van der Waals surface area contributed by atoms with Gasteiger partial charge in [0.1, 0.15) is 12.2 Å². The molecule has 0 saturated carbocycles. The topological polar surface area (TPSA) is 58.3 Å². The van der Waals surface area contributed by atoms with Crippen molar-refractivity contribution in [1.29, 1.82) is 0 Å². The third-order valence-electron chi connectivity index (χ3n) is 3.77. The summed E-state index contributed by atoms with van der Waals surface area (Å²) in [6.07, 6.45) is 2.39. The summed E-state index contributed by atoms with van der Waals surface area (Å²) in [4.78, 5) is 11.5. The van der Waals surface area contributed by atoms with Gasteiger partial charge >= 0.3 is 0 Å². The lowest BCUT2D eigenvalue weighted by atomic mass is 10.1. The van der Waals surface area contributed by atoms with Gasteiger partial charge in [-0.05, 0) is 11.6 Å². The molecule has 6 nitrogen and oxygen atoms in total. The number of nitrogens with one attached hydrogen (secondary N) is 1. The average molecular weight is 268 g/mol. The predicted molar refractivity (Wildman–Crippen MR) is 76.2 cm³/mol. The molecule has 1 aromatic heterocycles. The molecule has 1 fully saturated rings. The van der Waals surface area contributed by atoms with Crippen molar-refractivity contribution in [2.75, 3.05) is 26.2 Å². The highest BCUT2D eigenvalue weighted by Gasteiger charge is 2.23. The van der Waals surface area contributed by atoms with Gasteiger partial charge in [-0.3, -0.25) is 0 Å². The Kier molecular flexibility index (Phi) is 2.74. The standard InChI is InChI=1S/C14H16N6/c1-2-4-12-11(3-1)9-13-16-10-17-20(13)14(18-12)19-7-5-15-6-8-19/h1-4,10,15H,5-9H2. The highest BCUT2D eigenvalue weighted by molar-refractivity contribution is 5.86. The van der Waals surface area contributed by atoms with E-state index < -0.39 is 0 Å². The lowest BCUT2D eigenvalue weighted by Crippen LogP contribution is -2.49. The van der Waals surface area contributed by atoms with Gasteiger partial charge in [0.05, 0.1) is 5.69 Å². The summed E-state index contributed by atoms with van der Waals surface area (Å²) in [6.45, 7) is 3.84. The van der Waals surface area contributed by atoms with Crippen LogP contribution in [-0.4, -0.2) is 51.8 Å². The SMILES string of the molecule is c1ccc2c(c1)Cc1ncnn1C(N1CCNCC1)=N2. The van der Waals surface area contributed by atoms with Gasteiger partial charge in [0.15, 0.2) is 0 Å². The van der Waals surface area contributed by atoms with Gasteiger partial charge in [-0.15, -0.1) is 0 Å². The summed E-state index contributed by atoms with van der Waals surface area (Å²) in [7, 11) is 0. The molecule has 6 heteroatoms. The van der Waals surface area contributed by atoms with Crippen molar-refractivity contribution in [1.82, 2.24) is 25.0 Å². The van der Waals surface area contributed by atoms with Crippen molar-refractivity contribution in [2.45, 2.75) is 6.42 Å². The van der Waals surface area contributed by atoms with E-state index in [0.29, 0.717) is 0 Å². The largest absolute Gasteiger partial charge is 0.338 e. The normalized spacial score (nSPS) is 18.0. The molecular formula is C14H16N6. The fourth-order valence-corrected chi connectivity index (χ4v) is 2.72. The van der Waals surface area contributed by atoms with Gasteiger partial charge in [-0.25, -0.2) is 9.98 Å². The molecule has 4 rings (SSSR count). The van der Waals surface area contributed by atoms with Crippen LogP contribution in [0.5, 0.6) is 0 Å². The number of aromatic nitrogens is 3. The fourth-order valence-electron chi connectivity index (χ4n) is 2.72. The second-order valence-corrected chi connectivity index (χ2v) is 5.04. The summed E-state index contributed by atoms with van der Waals surface area (Å²) in [5.41, 5.74) is 2.22. The molecule has 0 spiro atoms. The highest BCUT2D eigenvalue weighted by Crippen LogP contribution is 2.25. The monoisotopic (exact) mass is 268 g/mol. The molecule has 0 bridgehead atoms. The molecule has 1 aromatic carbocycles. The maximum Gasteiger partial charge on any atom is 0.228 e. The van der Waals surface area contributed by atoms with Crippen LogP contribution in [0.3, 0.4) is 0 Å². The molecule has 0 aliphatic carbocycles. The van der Waals surface area contributed by atoms with Crippen LogP contribution in [0.1, 0.15) is 11.4 Å². The van der Waals surface area contributed by atoms with Crippen molar-refractivity contribution >= 4 is 11.6 Å². The molecule has 3 heterocycles. The van der Waals surface area contributed by atoms with Crippen LogP contribution in [0.15, 0.2) is 35.6 Å². The van der Waals surface area contributed by atoms with E-state index in [4.69, 9.17) is 4.99 Å². The first-order valence-corrected chi connectivity index (χ1v) is 6.93. The molecule has 1 N–H and O–H groups in total. The number of benzene rings is 1. The summed E-state index contributed by atoms with van der Waals surface area (Å²) in [5, 5.41) is 7.73. The molecule has 2 aromatic rings. The van der Waals surface area contributed by atoms with E-state index in [1.165, 1.54) is 5.56 Å². The van der Waals surface area contributed by atoms with Gasteiger partial charge in [-0.1, -0.05) is 18.2 Å². The molecule has 0 unspecified atom stereocenters. The minimum Gasteiger partial charge on any atom is -0.338 e. The Hall–Kier alpha value is -2.21. The van der Waals surface area contributed by atoms with Gasteiger partial charge in [0.25, 0.3) is 0 Å². The zero-order valence-electron chi connectivity index (χ0n) is 11.2. The third-order valence-corrected chi connectivity index (χ3v) is 3.77. The first-order valence-electron chi connectivity index (χ1n) is 6.93. The van der Waals surface area contributed by atoms with Crippen molar-refractivity contribution in [3.63, 3.8) is 0 Å². The number of piperazine rings is 1. The van der Waals surface area contributed by atoms with Crippen LogP contribution >= 0.6 is 0 Å². The van der Waals surface area contributed by atoms with Crippen LogP contribution in [0.4, 0.5) is 5.69 Å². The Balaban J connectivity index is 1.84. The molecule has 20 heavy (non-hydrogen) atoms. The maximum atomic E-state index is 4.85. The minimum absolute atomic E-state index is 0.773. The number of nitrogens with zero attached hydrogens (tertiary/aromatic N) is 5. The summed E-state index contributed by atoms with van der Waals surface area (Å²) < 4.78 is 1.88. The molecule has 2 aliphatic rings. The number of hydrogen-bond acceptors (Lipinski definition) is 5. The Labute approximate surface area is 117 Å². The van der Waals surface area contributed by atoms with E-state index in [2.05, 4.69) is 32.4 Å². The van der Waals surface area contributed by atoms with E-state index in [-0.39, 0.29) is 0 Å². The van der Waals surface area contributed by atoms with E-state index in [1.807, 2.05) is 16.8 Å². The van der Waals surface area contributed by atoms with Gasteiger partial charge in [0, 0.05) is 32.6 Å². The van der Waals surface area contributed by atoms with E-state index in [1.54, 1.807) is 6.33 Å². The van der Waals surface area contributed by atoms with Crippen molar-refractivity contribution in [2.24, 2.45) is 4.99 Å². The van der Waals surface area contributed by atoms with Gasteiger partial charge in [0.2, 0.25) is 5.96 Å². The van der Waals surface area contributed by atoms with Crippen molar-refractivity contribution in [3.05, 3.63) is 42.0 Å². The second kappa shape index (κ2) is 4.72. The quantitative estimate of drug-likeness (QED) is 0.761. The molecule has 0 atom stereocenters. The Morgan fingerprint density at radius 3 is 2.85 bits per heavy atom. The Bertz CT molecular complexity index is 653. The van der Waals surface area contributed by atoms with Gasteiger partial charge < -0.3 is 10.2 Å². The van der Waals surface area contributed by atoms with Crippen LogP contribution < -0.4 is 5.32 Å². The van der Waals surface area contributed by atoms with Gasteiger partial charge in [-0.2, -0.15) is 9.78 Å². The number of aliphatic imine (C=N–C) groups is 1. The Morgan fingerprint density at radius 2 is 1.95 bits per heavy atom. The lowest BCUT2D eigenvalue weighted by molar-refractivity contribution is 0.345. The summed E-state index contributed by atoms with van der Waals surface area (Å²) in [6, 6.07) is 8.24. The van der Waals surface area contributed by atoms with E-state index in [0.717, 1.165) is 50.1 Å². The second-order valence-electron chi connectivity index (χ2n) is 5.04. The first-order chi connectivity index (χ1) is 9.92. The maximum absolute atomic E-state index is 4.85. The lowest BCUT2D eigenvalue weighted by Gasteiger charge is -2.29. The molecule has 1 saturated heterocycles. The predicted octanol–water partition coefficient (Wildman–Crippen LogP) is 0.623. The zero-order chi connectivity index (χ0) is 13.4. The van der Waals surface area contributed by atoms with Crippen LogP contribution in [0, 0.1) is 0 Å². The van der Waals surface area contributed by atoms with Crippen molar-refractivity contribution in [3.8, 4) is 0 Å². The molecule has 0 amide bonds. The molecular weight excluding hydrogens is 252 g/mol. The van der Waals surface area contributed by atoms with E-state index >= 15 is 0 Å². The van der Waals surface area contributed by atoms with E-state index in [9.17, 15) is 0 Å². The van der Waals surface area contributed by atoms with Crippen LogP contribution in [0.2, 0.25) is 0 Å². The van der Waals surface area contributed by atoms with Crippen molar-refractivity contribution < 1.29 is 0 Å². The van der Waals surface area contributed by atoms with Crippen LogP contribution in [0.25, 0.3) is 0 Å². The number of para-hydroxylation sites is 1. The summed E-state index contributed by atoms with van der Waals surface area (Å²) >= 11 is 0. The third kappa shape index (κ3) is 1.89. The first kappa shape index (κ1) is 11.6. The number of fused-ring (bicyclic) bond motifs is 2. The molecule has 0 radical (unpaired) electrons. The smallest absolute Gasteiger partial charge is 0.228 e. The Morgan fingerprint density at radius 1 is 1.10 bits per heavy atom.